The van der Waals surface area contributed by atoms with Gasteiger partial charge in [0.15, 0.2) is 0 Å². The van der Waals surface area contributed by atoms with Crippen LogP contribution in [0.15, 0.2) is 71.7 Å². The number of hydrogen-bond acceptors (Lipinski definition) is 4. The lowest BCUT2D eigenvalue weighted by atomic mass is 9.75. The van der Waals surface area contributed by atoms with Crippen LogP contribution in [0.2, 0.25) is 0 Å². The Morgan fingerprint density at radius 1 is 0.867 bits per heavy atom. The number of nitrogens with zero attached hydrogens (tertiary/aromatic N) is 3. The molecule has 3 aromatic rings. The lowest BCUT2D eigenvalue weighted by Gasteiger charge is -2.27. The van der Waals surface area contributed by atoms with E-state index in [1.54, 1.807) is 6.07 Å². The minimum Gasteiger partial charge on any atom is -0.493 e. The van der Waals surface area contributed by atoms with Gasteiger partial charge in [0.25, 0.3) is 0 Å². The molecule has 4 nitrogen and oxygen atoms in total. The van der Waals surface area contributed by atoms with E-state index >= 15 is 0 Å². The number of fused-ring (bicyclic) bond motifs is 2. The predicted octanol–water partition coefficient (Wildman–Crippen LogP) is 5.06. The molecule has 0 saturated carbocycles. The van der Waals surface area contributed by atoms with Crippen LogP contribution in [0.5, 0.6) is 5.75 Å². The molecule has 0 aromatic heterocycles. The molecule has 30 heavy (non-hydrogen) atoms. The van der Waals surface area contributed by atoms with E-state index < -0.39 is 0 Å². The molecule has 1 spiro atoms. The number of rotatable bonds is 1. The molecular weight excluding hydrogens is 370 g/mol. The molecule has 0 amide bonds. The van der Waals surface area contributed by atoms with Gasteiger partial charge in [-0.2, -0.15) is 15.5 Å². The summed E-state index contributed by atoms with van der Waals surface area (Å²) in [6, 6.07) is 24.3. The number of ether oxygens (including phenoxy) is 1. The maximum Gasteiger partial charge on any atom is 0.205 e. The van der Waals surface area contributed by atoms with Crippen LogP contribution in [-0.4, -0.2) is 12.3 Å². The number of aliphatic imine (C=N–C) groups is 1. The number of nitriles is 2. The van der Waals surface area contributed by atoms with Crippen LogP contribution in [-0.2, 0) is 12.8 Å². The van der Waals surface area contributed by atoms with Gasteiger partial charge in [-0.1, -0.05) is 42.5 Å². The molecule has 0 bridgehead atoms. The van der Waals surface area contributed by atoms with Crippen LogP contribution in [0.25, 0.3) is 11.1 Å². The zero-order valence-electron chi connectivity index (χ0n) is 16.4. The Morgan fingerprint density at radius 2 is 1.70 bits per heavy atom. The Kier molecular flexibility index (Phi) is 4.34. The molecule has 1 unspecified atom stereocenters. The Balaban J connectivity index is 1.61. The van der Waals surface area contributed by atoms with E-state index in [0.29, 0.717) is 12.2 Å². The fourth-order valence-electron chi connectivity index (χ4n) is 4.81. The molecular formula is C26H19N3O. The Labute approximate surface area is 175 Å². The average molecular weight is 389 g/mol. The van der Waals surface area contributed by atoms with Crippen molar-refractivity contribution in [2.75, 3.05) is 6.61 Å². The standard InChI is InChI=1S/C26H19N3O/c27-16-18-4-3-6-19(12-18)20-8-9-21-14-26(25(29-17-28)23(21)13-20)10-11-30-24-7-2-1-5-22(24)15-26/h1-9,12-13H,10-11,14-15H2. The van der Waals surface area contributed by atoms with Crippen molar-refractivity contribution in [2.24, 2.45) is 10.4 Å². The molecule has 3 aromatic carbocycles. The predicted molar refractivity (Wildman–Crippen MR) is 115 cm³/mol. The van der Waals surface area contributed by atoms with Crippen molar-refractivity contribution < 1.29 is 4.74 Å². The first-order chi connectivity index (χ1) is 14.7. The van der Waals surface area contributed by atoms with Gasteiger partial charge in [-0.05, 0) is 65.8 Å². The molecule has 0 saturated heterocycles. The fraction of sp³-hybridized carbons (Fsp3) is 0.192. The first-order valence-corrected chi connectivity index (χ1v) is 10.0. The molecule has 0 fully saturated rings. The first-order valence-electron chi connectivity index (χ1n) is 10.0. The van der Waals surface area contributed by atoms with E-state index in [-0.39, 0.29) is 5.41 Å². The summed E-state index contributed by atoms with van der Waals surface area (Å²) in [6.07, 6.45) is 4.51. The monoisotopic (exact) mass is 389 g/mol. The average Bonchev–Trinajstić information content (AvgIpc) is 2.94. The van der Waals surface area contributed by atoms with E-state index in [4.69, 9.17) is 4.74 Å². The van der Waals surface area contributed by atoms with Gasteiger partial charge in [-0.15, -0.1) is 0 Å². The third-order valence-electron chi connectivity index (χ3n) is 6.22. The molecule has 0 N–H and O–H groups in total. The summed E-state index contributed by atoms with van der Waals surface area (Å²) < 4.78 is 6.01. The van der Waals surface area contributed by atoms with Gasteiger partial charge >= 0.3 is 0 Å². The molecule has 1 heterocycles. The van der Waals surface area contributed by atoms with Crippen molar-refractivity contribution in [3.8, 4) is 29.1 Å². The maximum absolute atomic E-state index is 9.48. The van der Waals surface area contributed by atoms with Crippen molar-refractivity contribution in [1.82, 2.24) is 0 Å². The van der Waals surface area contributed by atoms with Crippen molar-refractivity contribution in [2.45, 2.75) is 19.3 Å². The molecule has 0 radical (unpaired) electrons. The lowest BCUT2D eigenvalue weighted by molar-refractivity contribution is 0.273. The number of para-hydroxylation sites is 1. The van der Waals surface area contributed by atoms with Crippen molar-refractivity contribution >= 4 is 5.71 Å². The van der Waals surface area contributed by atoms with Crippen molar-refractivity contribution in [3.63, 3.8) is 0 Å². The lowest BCUT2D eigenvalue weighted by Crippen LogP contribution is -2.32. The highest BCUT2D eigenvalue weighted by Gasteiger charge is 2.45. The maximum atomic E-state index is 9.48. The van der Waals surface area contributed by atoms with Gasteiger partial charge in [-0.25, -0.2) is 0 Å². The minimum atomic E-state index is -0.238. The minimum absolute atomic E-state index is 0.238. The second-order valence-corrected chi connectivity index (χ2v) is 7.97. The van der Waals surface area contributed by atoms with Crippen molar-refractivity contribution in [3.05, 3.63) is 89.0 Å². The van der Waals surface area contributed by atoms with Crippen molar-refractivity contribution in [1.29, 1.82) is 10.5 Å². The topological polar surface area (TPSA) is 69.2 Å². The highest BCUT2D eigenvalue weighted by atomic mass is 16.5. The van der Waals surface area contributed by atoms with E-state index in [1.807, 2.05) is 42.6 Å². The van der Waals surface area contributed by atoms with E-state index in [0.717, 1.165) is 53.0 Å². The highest BCUT2D eigenvalue weighted by molar-refractivity contribution is 6.10. The third kappa shape index (κ3) is 2.95. The Bertz CT molecular complexity index is 1260. The third-order valence-corrected chi connectivity index (χ3v) is 6.22. The van der Waals surface area contributed by atoms with Gasteiger partial charge in [0.2, 0.25) is 6.19 Å². The smallest absolute Gasteiger partial charge is 0.205 e. The molecule has 2 aliphatic rings. The van der Waals surface area contributed by atoms with Crippen LogP contribution in [0, 0.1) is 28.2 Å². The highest BCUT2D eigenvalue weighted by Crippen LogP contribution is 2.46. The van der Waals surface area contributed by atoms with Gasteiger partial charge < -0.3 is 4.74 Å². The van der Waals surface area contributed by atoms with Crippen LogP contribution in [0.1, 0.15) is 28.7 Å². The summed E-state index contributed by atoms with van der Waals surface area (Å²) in [5, 5.41) is 18.7. The van der Waals surface area contributed by atoms with E-state index in [2.05, 4.69) is 35.3 Å². The Hall–Kier alpha value is -3.89. The largest absolute Gasteiger partial charge is 0.493 e. The quantitative estimate of drug-likeness (QED) is 0.546. The van der Waals surface area contributed by atoms with Gasteiger partial charge in [0.1, 0.15) is 5.75 Å². The van der Waals surface area contributed by atoms with Gasteiger partial charge in [0, 0.05) is 11.0 Å². The zero-order chi connectivity index (χ0) is 20.6. The number of hydrogen-bond donors (Lipinski definition) is 0. The fourth-order valence-corrected chi connectivity index (χ4v) is 4.81. The molecule has 1 aliphatic heterocycles. The first kappa shape index (κ1) is 18.2. The summed E-state index contributed by atoms with van der Waals surface area (Å²) in [5.41, 5.74) is 6.68. The molecule has 5 rings (SSSR count). The summed E-state index contributed by atoms with van der Waals surface area (Å²) in [7, 11) is 0. The van der Waals surface area contributed by atoms with Crippen LogP contribution in [0.4, 0.5) is 0 Å². The summed E-state index contributed by atoms with van der Waals surface area (Å²) in [4.78, 5) is 4.34. The van der Waals surface area contributed by atoms with E-state index in [1.165, 1.54) is 5.56 Å². The van der Waals surface area contributed by atoms with Gasteiger partial charge in [-0.3, -0.25) is 0 Å². The Morgan fingerprint density at radius 3 is 2.57 bits per heavy atom. The number of benzene rings is 3. The van der Waals surface area contributed by atoms with Gasteiger partial charge in [0.05, 0.1) is 24.0 Å². The van der Waals surface area contributed by atoms with Crippen LogP contribution < -0.4 is 4.74 Å². The second-order valence-electron chi connectivity index (χ2n) is 7.97. The SMILES string of the molecule is N#CN=C1c2cc(-c3cccc(C#N)c3)ccc2CC12CCOc1ccccc1C2. The molecule has 1 atom stereocenters. The van der Waals surface area contributed by atoms with E-state index in [9.17, 15) is 10.5 Å². The molecule has 1 aliphatic carbocycles. The normalized spacial score (nSPS) is 20.5. The molecule has 144 valence electrons. The van der Waals surface area contributed by atoms with Crippen LogP contribution in [0.3, 0.4) is 0 Å². The summed E-state index contributed by atoms with van der Waals surface area (Å²) in [6.45, 7) is 0.604. The zero-order valence-corrected chi connectivity index (χ0v) is 16.4. The summed E-state index contributed by atoms with van der Waals surface area (Å²) in [5.74, 6) is 0.927. The van der Waals surface area contributed by atoms with Crippen LogP contribution >= 0.6 is 0 Å². The summed E-state index contributed by atoms with van der Waals surface area (Å²) >= 11 is 0. The second kappa shape index (κ2) is 7.17. The molecule has 4 heteroatoms.